The lowest BCUT2D eigenvalue weighted by Gasteiger charge is -2.22. The van der Waals surface area contributed by atoms with E-state index in [0.717, 1.165) is 10.1 Å². The molecule has 18 heavy (non-hydrogen) atoms. The number of nitrogens with one attached hydrogen (secondary N) is 1. The van der Waals surface area contributed by atoms with E-state index in [1.165, 1.54) is 0 Å². The summed E-state index contributed by atoms with van der Waals surface area (Å²) >= 11 is 3.40. The Hall–Kier alpha value is -1.69. The maximum absolute atomic E-state index is 11.9. The van der Waals surface area contributed by atoms with E-state index in [1.807, 2.05) is 18.3 Å². The molecule has 2 aromatic heterocycles. The monoisotopic (exact) mass is 307 g/mol. The zero-order valence-corrected chi connectivity index (χ0v) is 11.0. The number of carbonyl (C=O) groups is 2. The molecule has 1 aliphatic carbocycles. The number of ketones is 1. The Morgan fingerprint density at radius 1 is 1.50 bits per heavy atom. The zero-order chi connectivity index (χ0) is 12.7. The molecule has 3 rings (SSSR count). The molecule has 0 radical (unpaired) electrons. The predicted molar refractivity (Wildman–Crippen MR) is 69.3 cm³/mol. The van der Waals surface area contributed by atoms with E-state index in [4.69, 9.17) is 0 Å². The molecule has 2 aromatic rings. The second-order valence-electron chi connectivity index (χ2n) is 4.33. The number of Topliss-reactive ketones (excluding diaryl/α,β-unsaturated/α-hetero) is 1. The van der Waals surface area contributed by atoms with Gasteiger partial charge in [-0.05, 0) is 28.1 Å². The van der Waals surface area contributed by atoms with Gasteiger partial charge in [0.05, 0.1) is 16.6 Å². The summed E-state index contributed by atoms with van der Waals surface area (Å²) in [6, 6.07) is 3.75. The molecule has 92 valence electrons. The summed E-state index contributed by atoms with van der Waals surface area (Å²) in [6.45, 7) is 0. The lowest BCUT2D eigenvalue weighted by molar-refractivity contribution is -0.135. The number of hydrogen-bond donors (Lipinski definition) is 1. The van der Waals surface area contributed by atoms with Crippen molar-refractivity contribution in [3.05, 3.63) is 29.0 Å². The maximum atomic E-state index is 11.9. The minimum atomic E-state index is -0.185. The molecule has 0 aromatic carbocycles. The van der Waals surface area contributed by atoms with Crippen molar-refractivity contribution < 1.29 is 9.59 Å². The minimum Gasteiger partial charge on any atom is -0.310 e. The molecule has 0 aliphatic heterocycles. The van der Waals surface area contributed by atoms with Crippen LogP contribution in [-0.2, 0) is 9.59 Å². The molecule has 0 spiro atoms. The third-order valence-corrected chi connectivity index (χ3v) is 3.68. The van der Waals surface area contributed by atoms with Gasteiger partial charge in [-0.1, -0.05) is 0 Å². The molecule has 0 atom stereocenters. The Kier molecular flexibility index (Phi) is 2.66. The highest BCUT2D eigenvalue weighted by Gasteiger charge is 2.33. The van der Waals surface area contributed by atoms with Gasteiger partial charge in [0, 0.05) is 19.0 Å². The second-order valence-corrected chi connectivity index (χ2v) is 5.18. The number of aromatic nitrogens is 2. The Balaban J connectivity index is 1.85. The van der Waals surface area contributed by atoms with E-state index < -0.39 is 0 Å². The van der Waals surface area contributed by atoms with Crippen LogP contribution >= 0.6 is 15.9 Å². The minimum absolute atomic E-state index is 0.114. The Morgan fingerprint density at radius 2 is 2.28 bits per heavy atom. The number of hydrogen-bond acceptors (Lipinski definition) is 3. The fraction of sp³-hybridized carbons (Fsp3) is 0.250. The molecule has 0 unspecified atom stereocenters. The molecular formula is C12H10BrN3O2. The van der Waals surface area contributed by atoms with Crippen molar-refractivity contribution in [2.45, 2.75) is 12.8 Å². The number of nitrogens with zero attached hydrogens (tertiary/aromatic N) is 2. The average Bonchev–Trinajstić information content (AvgIpc) is 2.70. The number of anilines is 1. The highest BCUT2D eigenvalue weighted by atomic mass is 79.9. The molecule has 1 aliphatic rings. The summed E-state index contributed by atoms with van der Waals surface area (Å²) in [7, 11) is 0. The summed E-state index contributed by atoms with van der Waals surface area (Å²) < 4.78 is 2.66. The van der Waals surface area contributed by atoms with Crippen LogP contribution in [0.2, 0.25) is 0 Å². The SMILES string of the molecule is O=C1CC(C(=O)Nc2cnc3c(Br)cccn23)C1. The summed E-state index contributed by atoms with van der Waals surface area (Å²) in [5, 5.41) is 2.80. The van der Waals surface area contributed by atoms with Crippen LogP contribution in [0, 0.1) is 5.92 Å². The van der Waals surface area contributed by atoms with Crippen molar-refractivity contribution in [1.29, 1.82) is 0 Å². The Morgan fingerprint density at radius 3 is 3.00 bits per heavy atom. The number of amides is 1. The van der Waals surface area contributed by atoms with E-state index in [9.17, 15) is 9.59 Å². The Bertz CT molecular complexity index is 642. The first-order chi connectivity index (χ1) is 8.65. The summed E-state index contributed by atoms with van der Waals surface area (Å²) in [6.07, 6.45) is 4.14. The van der Waals surface area contributed by atoms with E-state index in [0.29, 0.717) is 18.7 Å². The predicted octanol–water partition coefficient (Wildman–Crippen LogP) is 2.01. The largest absolute Gasteiger partial charge is 0.310 e. The second kappa shape index (κ2) is 4.20. The van der Waals surface area contributed by atoms with Crippen LogP contribution in [0.1, 0.15) is 12.8 Å². The van der Waals surface area contributed by atoms with Gasteiger partial charge in [-0.3, -0.25) is 14.0 Å². The number of halogens is 1. The van der Waals surface area contributed by atoms with Crippen LogP contribution in [0.4, 0.5) is 5.82 Å². The lowest BCUT2D eigenvalue weighted by atomic mass is 9.83. The third-order valence-electron chi connectivity index (χ3n) is 3.06. The van der Waals surface area contributed by atoms with Gasteiger partial charge in [0.25, 0.3) is 0 Å². The quantitative estimate of drug-likeness (QED) is 0.923. The van der Waals surface area contributed by atoms with Gasteiger partial charge in [0.2, 0.25) is 5.91 Å². The van der Waals surface area contributed by atoms with Gasteiger partial charge in [-0.15, -0.1) is 0 Å². The van der Waals surface area contributed by atoms with Crippen LogP contribution in [0.25, 0.3) is 5.65 Å². The van der Waals surface area contributed by atoms with Crippen LogP contribution in [0.3, 0.4) is 0 Å². The van der Waals surface area contributed by atoms with Crippen molar-refractivity contribution in [3.8, 4) is 0 Å². The van der Waals surface area contributed by atoms with Crippen LogP contribution in [-0.4, -0.2) is 21.1 Å². The molecule has 0 bridgehead atoms. The smallest absolute Gasteiger partial charge is 0.229 e. The summed E-state index contributed by atoms with van der Waals surface area (Å²) in [4.78, 5) is 26.9. The van der Waals surface area contributed by atoms with Crippen LogP contribution < -0.4 is 5.32 Å². The zero-order valence-electron chi connectivity index (χ0n) is 9.39. The van der Waals surface area contributed by atoms with E-state index in [1.54, 1.807) is 10.6 Å². The molecule has 2 heterocycles. The van der Waals surface area contributed by atoms with E-state index >= 15 is 0 Å². The van der Waals surface area contributed by atoms with E-state index in [2.05, 4.69) is 26.2 Å². The highest BCUT2D eigenvalue weighted by Crippen LogP contribution is 2.25. The van der Waals surface area contributed by atoms with Crippen molar-refractivity contribution in [3.63, 3.8) is 0 Å². The fourth-order valence-corrected chi connectivity index (χ4v) is 2.42. The summed E-state index contributed by atoms with van der Waals surface area (Å²) in [5.74, 6) is 0.471. The highest BCUT2D eigenvalue weighted by molar-refractivity contribution is 9.10. The van der Waals surface area contributed by atoms with Crippen molar-refractivity contribution in [2.24, 2.45) is 5.92 Å². The van der Waals surface area contributed by atoms with Crippen molar-refractivity contribution in [1.82, 2.24) is 9.38 Å². The number of pyridine rings is 1. The number of carbonyl (C=O) groups excluding carboxylic acids is 2. The first-order valence-corrected chi connectivity index (χ1v) is 6.38. The van der Waals surface area contributed by atoms with Crippen LogP contribution in [0.15, 0.2) is 29.0 Å². The molecule has 1 N–H and O–H groups in total. The van der Waals surface area contributed by atoms with E-state index in [-0.39, 0.29) is 17.6 Å². The van der Waals surface area contributed by atoms with Gasteiger partial charge >= 0.3 is 0 Å². The molecule has 1 saturated carbocycles. The molecule has 0 saturated heterocycles. The van der Waals surface area contributed by atoms with Crippen molar-refractivity contribution in [2.75, 3.05) is 5.32 Å². The fourth-order valence-electron chi connectivity index (χ4n) is 1.97. The molecular weight excluding hydrogens is 298 g/mol. The Labute approximate surface area is 111 Å². The third kappa shape index (κ3) is 1.82. The summed E-state index contributed by atoms with van der Waals surface area (Å²) in [5.41, 5.74) is 0.748. The van der Waals surface area contributed by atoms with Crippen LogP contribution in [0.5, 0.6) is 0 Å². The number of imidazole rings is 1. The number of fused-ring (bicyclic) bond motifs is 1. The molecule has 1 fully saturated rings. The normalized spacial score (nSPS) is 15.7. The maximum Gasteiger partial charge on any atom is 0.229 e. The van der Waals surface area contributed by atoms with Gasteiger partial charge in [0.15, 0.2) is 5.65 Å². The molecule has 5 nitrogen and oxygen atoms in total. The van der Waals surface area contributed by atoms with Crippen molar-refractivity contribution >= 4 is 39.1 Å². The van der Waals surface area contributed by atoms with Gasteiger partial charge in [-0.25, -0.2) is 4.98 Å². The lowest BCUT2D eigenvalue weighted by Crippen LogP contribution is -2.34. The topological polar surface area (TPSA) is 63.5 Å². The average molecular weight is 308 g/mol. The first kappa shape index (κ1) is 11.4. The first-order valence-electron chi connectivity index (χ1n) is 5.59. The standard InChI is InChI=1S/C12H10BrN3O2/c13-9-2-1-3-16-10(6-14-11(9)16)15-12(18)7-4-8(17)5-7/h1-3,6-7H,4-5H2,(H,15,18). The van der Waals surface area contributed by atoms with Gasteiger partial charge in [-0.2, -0.15) is 0 Å². The molecule has 6 heteroatoms. The van der Waals surface area contributed by atoms with Gasteiger partial charge < -0.3 is 5.32 Å². The van der Waals surface area contributed by atoms with Gasteiger partial charge in [0.1, 0.15) is 11.6 Å². The number of rotatable bonds is 2. The molecule has 1 amide bonds.